The lowest BCUT2D eigenvalue weighted by Crippen LogP contribution is -1.98. The smallest absolute Gasteiger partial charge is 0.136 e. The second-order valence-corrected chi connectivity index (χ2v) is 13.0. The lowest BCUT2D eigenvalue weighted by Gasteiger charge is -2.13. The number of nitrogens with zero attached hydrogens (tertiary/aromatic N) is 2. The highest BCUT2D eigenvalue weighted by molar-refractivity contribution is 6.24. The molecule has 3 nitrogen and oxygen atoms in total. The second kappa shape index (κ2) is 9.96. The van der Waals surface area contributed by atoms with Gasteiger partial charge in [-0.1, -0.05) is 115 Å². The molecule has 49 heavy (non-hydrogen) atoms. The molecule has 0 saturated carbocycles. The highest BCUT2D eigenvalue weighted by atomic mass is 16.3. The van der Waals surface area contributed by atoms with Gasteiger partial charge >= 0.3 is 0 Å². The van der Waals surface area contributed by atoms with Crippen molar-refractivity contribution in [2.45, 2.75) is 0 Å². The fourth-order valence-electron chi connectivity index (χ4n) is 8.06. The molecule has 0 fully saturated rings. The summed E-state index contributed by atoms with van der Waals surface area (Å²) in [6.07, 6.45) is 0. The molecule has 0 atom stereocenters. The number of furan rings is 1. The zero-order chi connectivity index (χ0) is 32.1. The average molecular weight is 625 g/mol. The van der Waals surface area contributed by atoms with Gasteiger partial charge in [-0.25, -0.2) is 0 Å². The fraction of sp³-hybridized carbons (Fsp3) is 0. The molecule has 0 unspecified atom stereocenters. The molecule has 8 aromatic carbocycles. The lowest BCUT2D eigenvalue weighted by molar-refractivity contribution is 0.669. The van der Waals surface area contributed by atoms with Gasteiger partial charge in [0.1, 0.15) is 11.2 Å². The zero-order valence-electron chi connectivity index (χ0n) is 26.5. The van der Waals surface area contributed by atoms with Crippen LogP contribution in [-0.2, 0) is 0 Å². The molecule has 0 amide bonds. The van der Waals surface area contributed by atoms with Gasteiger partial charge in [0.15, 0.2) is 0 Å². The molecular weight excluding hydrogens is 597 g/mol. The quantitative estimate of drug-likeness (QED) is 0.192. The molecule has 11 aromatic rings. The Kier molecular flexibility index (Phi) is 5.38. The predicted molar refractivity (Wildman–Crippen MR) is 205 cm³/mol. The first-order chi connectivity index (χ1) is 24.3. The van der Waals surface area contributed by atoms with Crippen molar-refractivity contribution in [2.75, 3.05) is 0 Å². The minimum atomic E-state index is 0.896. The van der Waals surface area contributed by atoms with Crippen molar-refractivity contribution in [3.8, 4) is 22.5 Å². The van der Waals surface area contributed by atoms with Crippen LogP contribution < -0.4 is 0 Å². The molecule has 3 aromatic heterocycles. The van der Waals surface area contributed by atoms with E-state index in [2.05, 4.69) is 179 Å². The third-order valence-electron chi connectivity index (χ3n) is 10.3. The molecule has 0 aliphatic heterocycles. The third-order valence-corrected chi connectivity index (χ3v) is 10.3. The van der Waals surface area contributed by atoms with Crippen LogP contribution in [0.1, 0.15) is 0 Å². The second-order valence-electron chi connectivity index (χ2n) is 13.0. The van der Waals surface area contributed by atoms with Crippen LogP contribution in [-0.4, -0.2) is 9.13 Å². The van der Waals surface area contributed by atoms with Crippen LogP contribution in [0.5, 0.6) is 0 Å². The predicted octanol–water partition coefficient (Wildman–Crippen LogP) is 12.6. The van der Waals surface area contributed by atoms with Gasteiger partial charge in [-0.15, -0.1) is 0 Å². The molecule has 0 aliphatic rings. The summed E-state index contributed by atoms with van der Waals surface area (Å²) in [5.74, 6) is 0. The molecule has 0 N–H and O–H groups in total. The Balaban J connectivity index is 1.24. The summed E-state index contributed by atoms with van der Waals surface area (Å²) in [6.45, 7) is 0. The SMILES string of the molecule is c1ccc(-c2ccc(-n3c4ccccc4c4ccc5c6ccccc6n(-c6ccc7oc8cc9ccccc9cc8c7c6)c5c43)cc2)cc1. The van der Waals surface area contributed by atoms with Gasteiger partial charge in [0.05, 0.1) is 22.1 Å². The highest BCUT2D eigenvalue weighted by Gasteiger charge is 2.21. The third kappa shape index (κ3) is 3.78. The number of para-hydroxylation sites is 2. The minimum Gasteiger partial charge on any atom is -0.456 e. The van der Waals surface area contributed by atoms with E-state index in [4.69, 9.17) is 4.42 Å². The molecule has 0 saturated heterocycles. The van der Waals surface area contributed by atoms with Crippen LogP contribution in [0.3, 0.4) is 0 Å². The van der Waals surface area contributed by atoms with E-state index >= 15 is 0 Å². The van der Waals surface area contributed by atoms with Crippen LogP contribution in [0.2, 0.25) is 0 Å². The molecule has 0 radical (unpaired) electrons. The van der Waals surface area contributed by atoms with E-state index < -0.39 is 0 Å². The lowest BCUT2D eigenvalue weighted by atomic mass is 10.1. The van der Waals surface area contributed by atoms with Crippen LogP contribution in [0.4, 0.5) is 0 Å². The molecule has 228 valence electrons. The molecule has 0 spiro atoms. The van der Waals surface area contributed by atoms with Crippen molar-refractivity contribution < 1.29 is 4.42 Å². The maximum atomic E-state index is 6.42. The molecule has 3 heteroatoms. The Bertz CT molecular complexity index is 3090. The van der Waals surface area contributed by atoms with Crippen molar-refractivity contribution in [2.24, 2.45) is 0 Å². The summed E-state index contributed by atoms with van der Waals surface area (Å²) in [7, 11) is 0. The number of benzene rings is 8. The Morgan fingerprint density at radius 3 is 1.55 bits per heavy atom. The Hall–Kier alpha value is -6.58. The number of aromatic nitrogens is 2. The average Bonchev–Trinajstić information content (AvgIpc) is 3.81. The summed E-state index contributed by atoms with van der Waals surface area (Å²) in [5, 5.41) is 9.60. The standard InChI is InChI=1S/C46H28N2O/c1-2-10-29(11-3-1)30-18-20-33(21-19-30)47-41-16-8-6-14-35(41)37-23-24-38-36-15-7-9-17-42(36)48(46(38)45(37)47)34-22-25-43-40(28-34)39-26-31-12-4-5-13-32(31)27-44(39)49-43/h1-28H. The van der Waals surface area contributed by atoms with Gasteiger partial charge in [-0.2, -0.15) is 0 Å². The Morgan fingerprint density at radius 1 is 0.327 bits per heavy atom. The Morgan fingerprint density at radius 2 is 0.857 bits per heavy atom. The maximum Gasteiger partial charge on any atom is 0.136 e. The molecular formula is C46H28N2O. The summed E-state index contributed by atoms with van der Waals surface area (Å²) in [4.78, 5) is 0. The van der Waals surface area contributed by atoms with E-state index in [1.54, 1.807) is 0 Å². The van der Waals surface area contributed by atoms with E-state index in [-0.39, 0.29) is 0 Å². The summed E-state index contributed by atoms with van der Waals surface area (Å²) < 4.78 is 11.3. The first kappa shape index (κ1) is 26.5. The van der Waals surface area contributed by atoms with E-state index in [1.807, 2.05) is 0 Å². The van der Waals surface area contributed by atoms with Gasteiger partial charge in [-0.3, -0.25) is 0 Å². The van der Waals surface area contributed by atoms with E-state index in [0.717, 1.165) is 33.3 Å². The first-order valence-corrected chi connectivity index (χ1v) is 16.8. The first-order valence-electron chi connectivity index (χ1n) is 16.8. The molecule has 11 rings (SSSR count). The number of rotatable bonds is 3. The largest absolute Gasteiger partial charge is 0.456 e. The number of fused-ring (bicyclic) bond motifs is 11. The minimum absolute atomic E-state index is 0.896. The zero-order valence-corrected chi connectivity index (χ0v) is 26.5. The van der Waals surface area contributed by atoms with Crippen molar-refractivity contribution >= 4 is 76.3 Å². The summed E-state index contributed by atoms with van der Waals surface area (Å²) >= 11 is 0. The monoisotopic (exact) mass is 624 g/mol. The number of hydrogen-bond donors (Lipinski definition) is 0. The summed E-state index contributed by atoms with van der Waals surface area (Å²) in [6, 6.07) is 61.3. The maximum absolute atomic E-state index is 6.42. The van der Waals surface area contributed by atoms with Crippen LogP contribution in [0, 0.1) is 0 Å². The van der Waals surface area contributed by atoms with Crippen molar-refractivity contribution in [1.82, 2.24) is 9.13 Å². The fourth-order valence-corrected chi connectivity index (χ4v) is 8.06. The highest BCUT2D eigenvalue weighted by Crippen LogP contribution is 2.43. The van der Waals surface area contributed by atoms with Gasteiger partial charge in [0, 0.05) is 43.7 Å². The van der Waals surface area contributed by atoms with Gasteiger partial charge in [0.2, 0.25) is 0 Å². The van der Waals surface area contributed by atoms with Crippen LogP contribution >= 0.6 is 0 Å². The summed E-state index contributed by atoms with van der Waals surface area (Å²) in [5.41, 5.74) is 11.2. The molecule has 0 bridgehead atoms. The van der Waals surface area contributed by atoms with Gasteiger partial charge in [0.25, 0.3) is 0 Å². The molecule has 0 aliphatic carbocycles. The van der Waals surface area contributed by atoms with E-state index in [0.29, 0.717) is 0 Å². The Labute approximate surface area is 281 Å². The van der Waals surface area contributed by atoms with Crippen molar-refractivity contribution in [1.29, 1.82) is 0 Å². The molecule has 3 heterocycles. The van der Waals surface area contributed by atoms with Crippen LogP contribution in [0.25, 0.3) is 98.8 Å². The van der Waals surface area contributed by atoms with Crippen molar-refractivity contribution in [3.05, 3.63) is 170 Å². The van der Waals surface area contributed by atoms with Crippen LogP contribution in [0.15, 0.2) is 174 Å². The number of hydrogen-bond acceptors (Lipinski definition) is 1. The van der Waals surface area contributed by atoms with Gasteiger partial charge in [-0.05, 0) is 76.5 Å². The van der Waals surface area contributed by atoms with E-state index in [9.17, 15) is 0 Å². The normalized spacial score (nSPS) is 12.1. The van der Waals surface area contributed by atoms with Crippen molar-refractivity contribution in [3.63, 3.8) is 0 Å². The van der Waals surface area contributed by atoms with E-state index in [1.165, 1.54) is 65.5 Å². The topological polar surface area (TPSA) is 23.0 Å². The van der Waals surface area contributed by atoms with Gasteiger partial charge < -0.3 is 13.6 Å².